The minimum absolute atomic E-state index is 0.112. The lowest BCUT2D eigenvalue weighted by Crippen LogP contribution is -2.35. The predicted octanol–water partition coefficient (Wildman–Crippen LogP) is 2.64. The molecule has 0 saturated carbocycles. The van der Waals surface area contributed by atoms with Gasteiger partial charge in [-0.1, -0.05) is 30.3 Å². The Kier molecular flexibility index (Phi) is 4.60. The third kappa shape index (κ3) is 3.25. The average molecular weight is 378 g/mol. The Bertz CT molecular complexity index is 1100. The summed E-state index contributed by atoms with van der Waals surface area (Å²) < 4.78 is 0. The SMILES string of the molecule is Cc1[nH]c(CN2CCc3nc(-c4ccccc4)[nH]c(=O)c3C2)c(C)c1C(=O)O. The third-order valence-corrected chi connectivity index (χ3v) is 5.33. The summed E-state index contributed by atoms with van der Waals surface area (Å²) in [5.74, 6) is -0.324. The number of aromatic nitrogens is 3. The molecule has 1 aromatic carbocycles. The lowest BCUT2D eigenvalue weighted by molar-refractivity contribution is 0.0695. The summed E-state index contributed by atoms with van der Waals surface area (Å²) in [6.07, 6.45) is 0.684. The first-order valence-electron chi connectivity index (χ1n) is 9.25. The molecule has 0 unspecified atom stereocenters. The van der Waals surface area contributed by atoms with Crippen LogP contribution in [0.25, 0.3) is 11.4 Å². The quantitative estimate of drug-likeness (QED) is 0.648. The molecule has 0 saturated heterocycles. The van der Waals surface area contributed by atoms with E-state index in [4.69, 9.17) is 0 Å². The van der Waals surface area contributed by atoms with Crippen molar-refractivity contribution in [2.45, 2.75) is 33.4 Å². The summed E-state index contributed by atoms with van der Waals surface area (Å²) in [7, 11) is 0. The van der Waals surface area contributed by atoms with Gasteiger partial charge in [0.2, 0.25) is 0 Å². The first-order valence-corrected chi connectivity index (χ1v) is 9.25. The largest absolute Gasteiger partial charge is 0.478 e. The number of carboxylic acid groups (broad SMARTS) is 1. The van der Waals surface area contributed by atoms with Crippen LogP contribution in [0.3, 0.4) is 0 Å². The summed E-state index contributed by atoms with van der Waals surface area (Å²) in [6.45, 7) is 5.41. The Labute approximate surface area is 162 Å². The van der Waals surface area contributed by atoms with E-state index >= 15 is 0 Å². The van der Waals surface area contributed by atoms with Gasteiger partial charge in [-0.3, -0.25) is 9.69 Å². The van der Waals surface area contributed by atoms with Gasteiger partial charge in [-0.05, 0) is 19.4 Å². The zero-order chi connectivity index (χ0) is 19.8. The smallest absolute Gasteiger partial charge is 0.337 e. The summed E-state index contributed by atoms with van der Waals surface area (Å²) in [6, 6.07) is 9.62. The van der Waals surface area contributed by atoms with Crippen LogP contribution in [0.2, 0.25) is 0 Å². The van der Waals surface area contributed by atoms with Gasteiger partial charge in [0.1, 0.15) is 5.82 Å². The normalized spacial score (nSPS) is 14.1. The molecule has 28 heavy (non-hydrogen) atoms. The molecule has 1 aliphatic heterocycles. The molecule has 0 bridgehead atoms. The fraction of sp³-hybridized carbons (Fsp3) is 0.286. The fourth-order valence-corrected chi connectivity index (χ4v) is 3.87. The number of aryl methyl sites for hydroxylation is 1. The van der Waals surface area contributed by atoms with Crippen molar-refractivity contribution in [2.24, 2.45) is 0 Å². The van der Waals surface area contributed by atoms with Gasteiger partial charge in [-0.25, -0.2) is 9.78 Å². The van der Waals surface area contributed by atoms with Crippen molar-refractivity contribution in [3.8, 4) is 11.4 Å². The van der Waals surface area contributed by atoms with Crippen LogP contribution < -0.4 is 5.56 Å². The minimum Gasteiger partial charge on any atom is -0.478 e. The Morgan fingerprint density at radius 2 is 1.96 bits per heavy atom. The van der Waals surface area contributed by atoms with E-state index in [9.17, 15) is 14.7 Å². The average Bonchev–Trinajstić information content (AvgIpc) is 2.96. The van der Waals surface area contributed by atoms with Gasteiger partial charge in [0.25, 0.3) is 5.56 Å². The van der Waals surface area contributed by atoms with E-state index in [2.05, 4.69) is 19.9 Å². The van der Waals surface area contributed by atoms with Gasteiger partial charge in [0.05, 0.1) is 16.8 Å². The number of rotatable bonds is 4. The maximum Gasteiger partial charge on any atom is 0.337 e. The van der Waals surface area contributed by atoms with Crippen LogP contribution in [-0.4, -0.2) is 37.5 Å². The highest BCUT2D eigenvalue weighted by atomic mass is 16.4. The summed E-state index contributed by atoms with van der Waals surface area (Å²) in [4.78, 5) is 37.0. The Morgan fingerprint density at radius 1 is 1.21 bits per heavy atom. The van der Waals surface area contributed by atoms with Crippen LogP contribution in [-0.2, 0) is 19.5 Å². The number of hydrogen-bond donors (Lipinski definition) is 3. The first-order chi connectivity index (χ1) is 13.4. The second kappa shape index (κ2) is 7.09. The molecular formula is C21H22N4O3. The molecule has 144 valence electrons. The van der Waals surface area contributed by atoms with Crippen molar-refractivity contribution in [2.75, 3.05) is 6.54 Å². The standard InChI is InChI=1S/C21H22N4O3/c1-12-17(22-13(2)18(12)21(27)28)11-25-9-8-16-15(10-25)20(26)24-19(23-16)14-6-4-3-5-7-14/h3-7,22H,8-11H2,1-2H3,(H,27,28)(H,23,24,26). The fourth-order valence-electron chi connectivity index (χ4n) is 3.87. The van der Waals surface area contributed by atoms with E-state index in [0.717, 1.165) is 29.1 Å². The monoisotopic (exact) mass is 378 g/mol. The maximum atomic E-state index is 12.7. The summed E-state index contributed by atoms with van der Waals surface area (Å²) in [5.41, 5.74) is 4.92. The van der Waals surface area contributed by atoms with Gasteiger partial charge in [-0.2, -0.15) is 0 Å². The number of benzene rings is 1. The first kappa shape index (κ1) is 18.2. The molecule has 1 aliphatic rings. The summed E-state index contributed by atoms with van der Waals surface area (Å²) in [5, 5.41) is 9.36. The highest BCUT2D eigenvalue weighted by molar-refractivity contribution is 5.91. The third-order valence-electron chi connectivity index (χ3n) is 5.33. The molecule has 4 rings (SSSR count). The van der Waals surface area contributed by atoms with Crippen molar-refractivity contribution in [3.05, 3.63) is 74.5 Å². The lowest BCUT2D eigenvalue weighted by Gasteiger charge is -2.27. The number of aromatic amines is 2. The Balaban J connectivity index is 1.59. The topological polar surface area (TPSA) is 102 Å². The number of fused-ring (bicyclic) bond motifs is 1. The molecule has 3 heterocycles. The molecule has 0 radical (unpaired) electrons. The second-order valence-electron chi connectivity index (χ2n) is 7.20. The molecule has 7 nitrogen and oxygen atoms in total. The van der Waals surface area contributed by atoms with Gasteiger partial charge in [-0.15, -0.1) is 0 Å². The number of H-pyrrole nitrogens is 2. The van der Waals surface area contributed by atoms with Crippen molar-refractivity contribution < 1.29 is 9.90 Å². The number of nitrogens with zero attached hydrogens (tertiary/aromatic N) is 2. The van der Waals surface area contributed by atoms with E-state index < -0.39 is 5.97 Å². The minimum atomic E-state index is -0.921. The number of carbonyl (C=O) groups is 1. The lowest BCUT2D eigenvalue weighted by atomic mass is 10.1. The number of aromatic carboxylic acids is 1. The van der Waals surface area contributed by atoms with Crippen LogP contribution in [0.5, 0.6) is 0 Å². The van der Waals surface area contributed by atoms with E-state index in [1.54, 1.807) is 6.92 Å². The van der Waals surface area contributed by atoms with Crippen molar-refractivity contribution in [1.82, 2.24) is 19.9 Å². The van der Waals surface area contributed by atoms with Crippen LogP contribution in [0.4, 0.5) is 0 Å². The number of nitrogens with one attached hydrogen (secondary N) is 2. The maximum absolute atomic E-state index is 12.7. The van der Waals surface area contributed by atoms with Crippen molar-refractivity contribution >= 4 is 5.97 Å². The molecule has 0 spiro atoms. The van der Waals surface area contributed by atoms with E-state index in [1.807, 2.05) is 37.3 Å². The molecular weight excluding hydrogens is 356 g/mol. The Hall–Kier alpha value is -3.19. The van der Waals surface area contributed by atoms with Gasteiger partial charge in [0, 0.05) is 43.0 Å². The molecule has 3 N–H and O–H groups in total. The van der Waals surface area contributed by atoms with Gasteiger partial charge in [0.15, 0.2) is 0 Å². The zero-order valence-corrected chi connectivity index (χ0v) is 15.9. The van der Waals surface area contributed by atoms with Gasteiger partial charge >= 0.3 is 5.97 Å². The van der Waals surface area contributed by atoms with Crippen molar-refractivity contribution in [3.63, 3.8) is 0 Å². The zero-order valence-electron chi connectivity index (χ0n) is 15.9. The van der Waals surface area contributed by atoms with Crippen LogP contribution >= 0.6 is 0 Å². The molecule has 0 amide bonds. The Morgan fingerprint density at radius 3 is 2.64 bits per heavy atom. The molecule has 2 aromatic heterocycles. The van der Waals surface area contributed by atoms with Crippen LogP contribution in [0.15, 0.2) is 35.1 Å². The number of carboxylic acids is 1. The molecule has 0 aliphatic carbocycles. The van der Waals surface area contributed by atoms with Gasteiger partial charge < -0.3 is 15.1 Å². The van der Waals surface area contributed by atoms with E-state index in [0.29, 0.717) is 42.2 Å². The van der Waals surface area contributed by atoms with E-state index in [1.165, 1.54) is 0 Å². The molecule has 3 aromatic rings. The molecule has 0 fully saturated rings. The highest BCUT2D eigenvalue weighted by Gasteiger charge is 2.24. The number of hydrogen-bond acceptors (Lipinski definition) is 4. The van der Waals surface area contributed by atoms with Crippen LogP contribution in [0.1, 0.15) is 38.6 Å². The molecule has 0 atom stereocenters. The van der Waals surface area contributed by atoms with E-state index in [-0.39, 0.29) is 5.56 Å². The molecule has 7 heteroatoms. The predicted molar refractivity (Wildman–Crippen MR) is 105 cm³/mol. The van der Waals surface area contributed by atoms with Crippen molar-refractivity contribution in [1.29, 1.82) is 0 Å². The summed E-state index contributed by atoms with van der Waals surface area (Å²) >= 11 is 0. The second-order valence-corrected chi connectivity index (χ2v) is 7.20. The van der Waals surface area contributed by atoms with Crippen LogP contribution in [0, 0.1) is 13.8 Å². The highest BCUT2D eigenvalue weighted by Crippen LogP contribution is 2.23.